The molecule has 2 aliphatic rings. The lowest BCUT2D eigenvalue weighted by molar-refractivity contribution is -0.950. The summed E-state index contributed by atoms with van der Waals surface area (Å²) < 4.78 is 6.87. The SMILES string of the molecule is C[N+]1(C)C2CCCC1CC(OC(=O)c1ccccc1)C2.[I-]. The molecule has 4 heteroatoms. The van der Waals surface area contributed by atoms with Gasteiger partial charge in [0.25, 0.3) is 0 Å². The average Bonchev–Trinajstić information content (AvgIpc) is 2.40. The Hall–Kier alpha value is -0.620. The first kappa shape index (κ1) is 16.7. The van der Waals surface area contributed by atoms with Gasteiger partial charge in [-0.25, -0.2) is 4.79 Å². The number of nitrogens with zero attached hydrogens (tertiary/aromatic N) is 1. The Morgan fingerprint density at radius 2 is 1.67 bits per heavy atom. The molecule has 0 radical (unpaired) electrons. The maximum absolute atomic E-state index is 12.2. The number of carbonyl (C=O) groups excluding carboxylic acids is 1. The minimum atomic E-state index is -0.166. The van der Waals surface area contributed by atoms with E-state index in [9.17, 15) is 4.79 Å². The fraction of sp³-hybridized carbons (Fsp3) is 0.588. The third kappa shape index (κ3) is 3.42. The summed E-state index contributed by atoms with van der Waals surface area (Å²) in [6.45, 7) is 0. The van der Waals surface area contributed by atoms with Crippen LogP contribution in [0.4, 0.5) is 0 Å². The molecule has 1 aromatic rings. The fourth-order valence-corrected chi connectivity index (χ4v) is 3.92. The zero-order chi connectivity index (χ0) is 14.2. The third-order valence-electron chi connectivity index (χ3n) is 5.31. The summed E-state index contributed by atoms with van der Waals surface area (Å²) in [6, 6.07) is 10.6. The van der Waals surface area contributed by atoms with Gasteiger partial charge in [0, 0.05) is 12.8 Å². The zero-order valence-electron chi connectivity index (χ0n) is 12.8. The highest BCUT2D eigenvalue weighted by Crippen LogP contribution is 2.38. The van der Waals surface area contributed by atoms with E-state index < -0.39 is 0 Å². The minimum absolute atomic E-state index is 0. The first-order valence-electron chi connectivity index (χ1n) is 7.66. The van der Waals surface area contributed by atoms with E-state index in [2.05, 4.69) is 14.1 Å². The van der Waals surface area contributed by atoms with Crippen LogP contribution in [-0.2, 0) is 4.74 Å². The maximum atomic E-state index is 12.2. The van der Waals surface area contributed by atoms with Crippen LogP contribution in [0.25, 0.3) is 0 Å². The van der Waals surface area contributed by atoms with Crippen molar-refractivity contribution in [3.05, 3.63) is 35.9 Å². The number of fused-ring (bicyclic) bond motifs is 2. The second-order valence-corrected chi connectivity index (χ2v) is 6.73. The Morgan fingerprint density at radius 3 is 2.24 bits per heavy atom. The number of hydrogen-bond donors (Lipinski definition) is 0. The highest BCUT2D eigenvalue weighted by atomic mass is 127. The first-order chi connectivity index (χ1) is 9.57. The lowest BCUT2D eigenvalue weighted by Crippen LogP contribution is -3.00. The number of halogens is 1. The number of esters is 1. The van der Waals surface area contributed by atoms with Gasteiger partial charge in [0.15, 0.2) is 0 Å². The Balaban J connectivity index is 0.00000161. The third-order valence-corrected chi connectivity index (χ3v) is 5.31. The molecule has 0 aliphatic carbocycles. The van der Waals surface area contributed by atoms with Crippen molar-refractivity contribution >= 4 is 5.97 Å². The van der Waals surface area contributed by atoms with E-state index in [-0.39, 0.29) is 36.0 Å². The Morgan fingerprint density at radius 1 is 1.10 bits per heavy atom. The lowest BCUT2D eigenvalue weighted by atomic mass is 9.81. The van der Waals surface area contributed by atoms with Gasteiger partial charge in [-0.2, -0.15) is 0 Å². The van der Waals surface area contributed by atoms with Crippen molar-refractivity contribution in [1.29, 1.82) is 0 Å². The van der Waals surface area contributed by atoms with E-state index in [1.165, 1.54) is 19.3 Å². The molecule has 2 fully saturated rings. The molecular formula is C17H24INO2. The standard InChI is InChI=1S/C17H24NO2.HI/c1-18(2)14-9-6-10-15(18)12-16(11-14)20-17(19)13-7-4-3-5-8-13;/h3-5,7-8,14-16H,6,9-12H2,1-2H3;1H/q+1;/p-1. The predicted molar refractivity (Wildman–Crippen MR) is 78.4 cm³/mol. The van der Waals surface area contributed by atoms with Gasteiger partial charge in [-0.1, -0.05) is 18.2 Å². The Labute approximate surface area is 144 Å². The van der Waals surface area contributed by atoms with Crippen molar-refractivity contribution in [2.24, 2.45) is 0 Å². The van der Waals surface area contributed by atoms with Crippen molar-refractivity contribution in [1.82, 2.24) is 0 Å². The molecule has 3 nitrogen and oxygen atoms in total. The van der Waals surface area contributed by atoms with Crippen LogP contribution in [0, 0.1) is 0 Å². The average molecular weight is 401 g/mol. The molecule has 0 saturated carbocycles. The van der Waals surface area contributed by atoms with Crippen LogP contribution in [0.2, 0.25) is 0 Å². The van der Waals surface area contributed by atoms with Crippen molar-refractivity contribution in [2.45, 2.75) is 50.3 Å². The van der Waals surface area contributed by atoms with E-state index in [1.54, 1.807) is 0 Å². The molecule has 2 aliphatic heterocycles. The molecule has 21 heavy (non-hydrogen) atoms. The van der Waals surface area contributed by atoms with Gasteiger partial charge in [0.05, 0.1) is 31.7 Å². The number of rotatable bonds is 2. The summed E-state index contributed by atoms with van der Waals surface area (Å²) in [5, 5.41) is 0. The van der Waals surface area contributed by atoms with Crippen molar-refractivity contribution in [3.63, 3.8) is 0 Å². The number of benzene rings is 1. The number of ether oxygens (including phenoxy) is 1. The maximum Gasteiger partial charge on any atom is 0.338 e. The van der Waals surface area contributed by atoms with Crippen LogP contribution < -0.4 is 24.0 Å². The molecule has 1 aromatic carbocycles. The molecule has 2 saturated heterocycles. The summed E-state index contributed by atoms with van der Waals surface area (Å²) in [5.41, 5.74) is 0.664. The van der Waals surface area contributed by atoms with E-state index in [1.807, 2.05) is 30.3 Å². The molecule has 2 atom stereocenters. The second kappa shape index (κ2) is 6.65. The summed E-state index contributed by atoms with van der Waals surface area (Å²) in [7, 11) is 4.67. The Bertz CT molecular complexity index is 473. The van der Waals surface area contributed by atoms with E-state index >= 15 is 0 Å². The monoisotopic (exact) mass is 401 g/mol. The largest absolute Gasteiger partial charge is 1.00 e. The molecule has 2 heterocycles. The number of piperidine rings is 2. The molecule has 0 amide bonds. The van der Waals surface area contributed by atoms with Crippen LogP contribution in [-0.4, -0.2) is 42.7 Å². The number of quaternary nitrogens is 1. The number of hydrogen-bond acceptors (Lipinski definition) is 2. The van der Waals surface area contributed by atoms with Crippen LogP contribution in [0.1, 0.15) is 42.5 Å². The van der Waals surface area contributed by atoms with E-state index in [0.717, 1.165) is 17.3 Å². The number of carbonyl (C=O) groups is 1. The lowest BCUT2D eigenvalue weighted by Gasteiger charge is -2.52. The quantitative estimate of drug-likeness (QED) is 0.397. The molecule has 0 aromatic heterocycles. The van der Waals surface area contributed by atoms with E-state index in [0.29, 0.717) is 17.6 Å². The first-order valence-corrected chi connectivity index (χ1v) is 7.66. The molecule has 2 unspecified atom stereocenters. The fourth-order valence-electron chi connectivity index (χ4n) is 3.92. The molecule has 3 rings (SSSR count). The summed E-state index contributed by atoms with van der Waals surface area (Å²) in [4.78, 5) is 12.2. The van der Waals surface area contributed by atoms with Gasteiger partial charge in [-0.15, -0.1) is 0 Å². The van der Waals surface area contributed by atoms with Crippen LogP contribution in [0.5, 0.6) is 0 Å². The van der Waals surface area contributed by atoms with Crippen LogP contribution in [0.3, 0.4) is 0 Å². The molecule has 116 valence electrons. The minimum Gasteiger partial charge on any atom is -1.00 e. The molecule has 0 N–H and O–H groups in total. The van der Waals surface area contributed by atoms with Crippen molar-refractivity contribution < 1.29 is 38.0 Å². The summed E-state index contributed by atoms with van der Waals surface area (Å²) in [6.07, 6.45) is 6.00. The van der Waals surface area contributed by atoms with Crippen LogP contribution >= 0.6 is 0 Å². The highest BCUT2D eigenvalue weighted by molar-refractivity contribution is 5.89. The van der Waals surface area contributed by atoms with Crippen LogP contribution in [0.15, 0.2) is 30.3 Å². The highest BCUT2D eigenvalue weighted by Gasteiger charge is 2.47. The molecule has 2 bridgehead atoms. The predicted octanol–water partition coefficient (Wildman–Crippen LogP) is 0.00730. The van der Waals surface area contributed by atoms with Crippen molar-refractivity contribution in [2.75, 3.05) is 14.1 Å². The smallest absolute Gasteiger partial charge is 0.338 e. The van der Waals surface area contributed by atoms with Gasteiger partial charge in [0.2, 0.25) is 0 Å². The summed E-state index contributed by atoms with van der Waals surface area (Å²) >= 11 is 0. The zero-order valence-corrected chi connectivity index (χ0v) is 15.0. The van der Waals surface area contributed by atoms with Gasteiger partial charge in [-0.05, 0) is 31.4 Å². The summed E-state index contributed by atoms with van der Waals surface area (Å²) in [5.74, 6) is -0.166. The van der Waals surface area contributed by atoms with Gasteiger partial charge < -0.3 is 33.2 Å². The van der Waals surface area contributed by atoms with Gasteiger partial charge in [-0.3, -0.25) is 0 Å². The molecular weight excluding hydrogens is 377 g/mol. The van der Waals surface area contributed by atoms with Crippen molar-refractivity contribution in [3.8, 4) is 0 Å². The topological polar surface area (TPSA) is 26.3 Å². The van der Waals surface area contributed by atoms with Gasteiger partial charge in [0.1, 0.15) is 6.10 Å². The molecule has 0 spiro atoms. The van der Waals surface area contributed by atoms with E-state index in [4.69, 9.17) is 4.74 Å². The van der Waals surface area contributed by atoms with Gasteiger partial charge >= 0.3 is 5.97 Å². The Kier molecular flexibility index (Phi) is 5.30. The second-order valence-electron chi connectivity index (χ2n) is 6.73. The normalized spacial score (nSPS) is 30.1.